The van der Waals surface area contributed by atoms with E-state index in [2.05, 4.69) is 51.3 Å². The van der Waals surface area contributed by atoms with Gasteiger partial charge in [0, 0.05) is 13.2 Å². The molecule has 0 radical (unpaired) electrons. The maximum atomic E-state index is 6.05. The Morgan fingerprint density at radius 2 is 1.76 bits per heavy atom. The summed E-state index contributed by atoms with van der Waals surface area (Å²) in [5, 5.41) is 3.54. The highest BCUT2D eigenvalue weighted by atomic mass is 16.5. The molecular formula is C19H31NO. The number of aryl methyl sites for hydroxylation is 2. The fourth-order valence-electron chi connectivity index (χ4n) is 3.92. The van der Waals surface area contributed by atoms with Gasteiger partial charge in [0.25, 0.3) is 0 Å². The lowest BCUT2D eigenvalue weighted by Gasteiger charge is -2.44. The Bertz CT molecular complexity index is 440. The molecule has 1 aromatic carbocycles. The minimum absolute atomic E-state index is 0.00108. The summed E-state index contributed by atoms with van der Waals surface area (Å²) in [5.41, 5.74) is 4.12. The first-order valence-corrected chi connectivity index (χ1v) is 8.28. The van der Waals surface area contributed by atoms with Gasteiger partial charge in [-0.15, -0.1) is 0 Å². The van der Waals surface area contributed by atoms with E-state index in [0.29, 0.717) is 6.04 Å². The maximum Gasteiger partial charge on any atom is 0.0834 e. The molecule has 2 heteroatoms. The SMILES string of the molecule is CNC(Cc1cc(C)cc(C)c1)C1(OC)CCC(C)CC1. The second-order valence-electron chi connectivity index (χ2n) is 6.99. The molecule has 1 fully saturated rings. The standard InChI is InChI=1S/C19H31NO/c1-14-6-8-19(21-5,9-7-14)18(20-4)13-17-11-15(2)10-16(3)12-17/h10-12,14,18,20H,6-9,13H2,1-5H3. The first kappa shape index (κ1) is 16.5. The van der Waals surface area contributed by atoms with Crippen LogP contribution in [-0.2, 0) is 11.2 Å². The quantitative estimate of drug-likeness (QED) is 0.883. The molecule has 1 aliphatic rings. The van der Waals surface area contributed by atoms with E-state index in [0.717, 1.165) is 12.3 Å². The summed E-state index contributed by atoms with van der Waals surface area (Å²) < 4.78 is 6.05. The van der Waals surface area contributed by atoms with Gasteiger partial charge in [0.2, 0.25) is 0 Å². The van der Waals surface area contributed by atoms with E-state index in [4.69, 9.17) is 4.74 Å². The Balaban J connectivity index is 2.17. The Labute approximate surface area is 130 Å². The summed E-state index contributed by atoms with van der Waals surface area (Å²) in [6, 6.07) is 7.25. The van der Waals surface area contributed by atoms with Crippen LogP contribution in [0.15, 0.2) is 18.2 Å². The zero-order valence-electron chi connectivity index (χ0n) is 14.3. The molecule has 1 aliphatic carbocycles. The lowest BCUT2D eigenvalue weighted by Crippen LogP contribution is -2.54. The van der Waals surface area contributed by atoms with Gasteiger partial charge in [0.05, 0.1) is 5.60 Å². The number of methoxy groups -OCH3 is 1. The molecule has 1 unspecified atom stereocenters. The van der Waals surface area contributed by atoms with Crippen molar-refractivity contribution in [2.45, 2.75) is 64.5 Å². The number of hydrogen-bond acceptors (Lipinski definition) is 2. The van der Waals surface area contributed by atoms with E-state index in [1.165, 1.54) is 42.4 Å². The van der Waals surface area contributed by atoms with E-state index in [1.807, 2.05) is 7.11 Å². The van der Waals surface area contributed by atoms with E-state index in [9.17, 15) is 0 Å². The van der Waals surface area contributed by atoms with Gasteiger partial charge in [0.1, 0.15) is 0 Å². The van der Waals surface area contributed by atoms with Crippen molar-refractivity contribution in [2.24, 2.45) is 5.92 Å². The molecular weight excluding hydrogens is 258 g/mol. The monoisotopic (exact) mass is 289 g/mol. The number of rotatable bonds is 5. The number of likely N-dealkylation sites (N-methyl/N-ethyl adjacent to an activating group) is 1. The zero-order valence-corrected chi connectivity index (χ0v) is 14.3. The normalized spacial score (nSPS) is 27.6. The molecule has 0 spiro atoms. The first-order chi connectivity index (χ1) is 9.99. The van der Waals surface area contributed by atoms with Gasteiger partial charge in [-0.05, 0) is 64.5 Å². The second kappa shape index (κ2) is 6.93. The molecule has 21 heavy (non-hydrogen) atoms. The fourth-order valence-corrected chi connectivity index (χ4v) is 3.92. The third-order valence-electron chi connectivity index (χ3n) is 5.23. The molecule has 1 atom stereocenters. The summed E-state index contributed by atoms with van der Waals surface area (Å²) in [6.45, 7) is 6.72. The number of ether oxygens (including phenoxy) is 1. The molecule has 118 valence electrons. The van der Waals surface area contributed by atoms with Gasteiger partial charge < -0.3 is 10.1 Å². The van der Waals surface area contributed by atoms with Crippen LogP contribution in [0.1, 0.15) is 49.3 Å². The molecule has 0 heterocycles. The molecule has 1 N–H and O–H groups in total. The van der Waals surface area contributed by atoms with Crippen LogP contribution in [0.3, 0.4) is 0 Å². The van der Waals surface area contributed by atoms with Crippen molar-refractivity contribution in [3.63, 3.8) is 0 Å². The van der Waals surface area contributed by atoms with Crippen LogP contribution >= 0.6 is 0 Å². The van der Waals surface area contributed by atoms with E-state index in [-0.39, 0.29) is 5.60 Å². The first-order valence-electron chi connectivity index (χ1n) is 8.28. The van der Waals surface area contributed by atoms with Gasteiger partial charge in [-0.3, -0.25) is 0 Å². The van der Waals surface area contributed by atoms with Gasteiger partial charge in [-0.1, -0.05) is 36.2 Å². The predicted molar refractivity (Wildman–Crippen MR) is 89.8 cm³/mol. The van der Waals surface area contributed by atoms with Gasteiger partial charge in [-0.25, -0.2) is 0 Å². The Morgan fingerprint density at radius 1 is 1.19 bits per heavy atom. The average Bonchev–Trinajstić information content (AvgIpc) is 2.45. The van der Waals surface area contributed by atoms with Crippen molar-refractivity contribution in [3.05, 3.63) is 34.9 Å². The third-order valence-corrected chi connectivity index (χ3v) is 5.23. The topological polar surface area (TPSA) is 21.3 Å². The largest absolute Gasteiger partial charge is 0.377 e. The van der Waals surface area contributed by atoms with Crippen molar-refractivity contribution in [2.75, 3.05) is 14.2 Å². The van der Waals surface area contributed by atoms with Gasteiger partial charge >= 0.3 is 0 Å². The van der Waals surface area contributed by atoms with Gasteiger partial charge in [0.15, 0.2) is 0 Å². The van der Waals surface area contributed by atoms with Crippen LogP contribution in [0.2, 0.25) is 0 Å². The second-order valence-corrected chi connectivity index (χ2v) is 6.99. The van der Waals surface area contributed by atoms with Crippen molar-refractivity contribution in [1.82, 2.24) is 5.32 Å². The highest BCUT2D eigenvalue weighted by Crippen LogP contribution is 2.37. The Kier molecular flexibility index (Phi) is 5.45. The highest BCUT2D eigenvalue weighted by molar-refractivity contribution is 5.29. The summed E-state index contributed by atoms with van der Waals surface area (Å²) in [4.78, 5) is 0. The minimum Gasteiger partial charge on any atom is -0.377 e. The minimum atomic E-state index is -0.00108. The molecule has 2 rings (SSSR count). The van der Waals surface area contributed by atoms with E-state index < -0.39 is 0 Å². The smallest absolute Gasteiger partial charge is 0.0834 e. The van der Waals surface area contributed by atoms with Crippen molar-refractivity contribution < 1.29 is 4.74 Å². The maximum absolute atomic E-state index is 6.05. The van der Waals surface area contributed by atoms with Crippen LogP contribution < -0.4 is 5.32 Å². The van der Waals surface area contributed by atoms with Crippen LogP contribution in [-0.4, -0.2) is 25.8 Å². The van der Waals surface area contributed by atoms with Crippen molar-refractivity contribution in [3.8, 4) is 0 Å². The van der Waals surface area contributed by atoms with Crippen LogP contribution in [0.25, 0.3) is 0 Å². The molecule has 1 saturated carbocycles. The number of hydrogen-bond donors (Lipinski definition) is 1. The molecule has 2 nitrogen and oxygen atoms in total. The predicted octanol–water partition coefficient (Wildman–Crippen LogP) is 4.03. The van der Waals surface area contributed by atoms with E-state index >= 15 is 0 Å². The van der Waals surface area contributed by atoms with Crippen molar-refractivity contribution in [1.29, 1.82) is 0 Å². The summed E-state index contributed by atoms with van der Waals surface area (Å²) in [6.07, 6.45) is 5.93. The third kappa shape index (κ3) is 3.87. The average molecular weight is 289 g/mol. The lowest BCUT2D eigenvalue weighted by atomic mass is 9.73. The van der Waals surface area contributed by atoms with Crippen LogP contribution in [0.4, 0.5) is 0 Å². The number of nitrogens with one attached hydrogen (secondary N) is 1. The van der Waals surface area contributed by atoms with Crippen molar-refractivity contribution >= 4 is 0 Å². The summed E-state index contributed by atoms with van der Waals surface area (Å²) in [5.74, 6) is 0.840. The molecule has 0 bridgehead atoms. The lowest BCUT2D eigenvalue weighted by molar-refractivity contribution is -0.0730. The molecule has 0 aromatic heterocycles. The molecule has 1 aromatic rings. The Morgan fingerprint density at radius 3 is 2.24 bits per heavy atom. The molecule has 0 amide bonds. The zero-order chi connectivity index (χ0) is 15.5. The Hall–Kier alpha value is -0.860. The summed E-state index contributed by atoms with van der Waals surface area (Å²) >= 11 is 0. The molecule has 0 saturated heterocycles. The van der Waals surface area contributed by atoms with E-state index in [1.54, 1.807) is 0 Å². The van der Waals surface area contributed by atoms with Crippen LogP contribution in [0.5, 0.6) is 0 Å². The van der Waals surface area contributed by atoms with Gasteiger partial charge in [-0.2, -0.15) is 0 Å². The van der Waals surface area contributed by atoms with Crippen LogP contribution in [0, 0.1) is 19.8 Å². The molecule has 0 aliphatic heterocycles. The summed E-state index contributed by atoms with van der Waals surface area (Å²) in [7, 11) is 3.97. The fraction of sp³-hybridized carbons (Fsp3) is 0.684. The highest BCUT2D eigenvalue weighted by Gasteiger charge is 2.40. The number of benzene rings is 1.